The first kappa shape index (κ1) is 17.8. The monoisotopic (exact) mass is 303 g/mol. The van der Waals surface area contributed by atoms with Gasteiger partial charge in [0.15, 0.2) is 0 Å². The fourth-order valence-corrected chi connectivity index (χ4v) is 2.16. The smallest absolute Gasteiger partial charge is 0.370 e. The standard InChI is InChI=1S/C15H24F3N3/c1-4-7-21(9-8-20(2)3)14-6-5-12(11-19)10-13(14)15(16,17)18/h5-6,10H,4,7-9,11,19H2,1-3H3. The Morgan fingerprint density at radius 1 is 1.10 bits per heavy atom. The van der Waals surface area contributed by atoms with Crippen LogP contribution in [0.1, 0.15) is 24.5 Å². The lowest BCUT2D eigenvalue weighted by Crippen LogP contribution is -2.33. The molecule has 0 bridgehead atoms. The van der Waals surface area contributed by atoms with E-state index in [0.29, 0.717) is 25.2 Å². The van der Waals surface area contributed by atoms with Crippen molar-refractivity contribution in [2.75, 3.05) is 38.6 Å². The average molecular weight is 303 g/mol. The Kier molecular flexibility index (Phi) is 6.48. The molecule has 1 rings (SSSR count). The van der Waals surface area contributed by atoms with Crippen LogP contribution in [0.3, 0.4) is 0 Å². The fourth-order valence-electron chi connectivity index (χ4n) is 2.16. The van der Waals surface area contributed by atoms with Crippen LogP contribution in [0.4, 0.5) is 18.9 Å². The largest absolute Gasteiger partial charge is 0.418 e. The molecular formula is C15H24F3N3. The van der Waals surface area contributed by atoms with E-state index in [1.54, 1.807) is 11.0 Å². The Morgan fingerprint density at radius 2 is 1.76 bits per heavy atom. The fraction of sp³-hybridized carbons (Fsp3) is 0.600. The molecule has 0 saturated carbocycles. The molecule has 6 heteroatoms. The molecule has 1 aromatic rings. The highest BCUT2D eigenvalue weighted by molar-refractivity contribution is 5.56. The van der Waals surface area contributed by atoms with E-state index in [1.165, 1.54) is 6.07 Å². The van der Waals surface area contributed by atoms with E-state index in [-0.39, 0.29) is 12.2 Å². The molecule has 0 saturated heterocycles. The Hall–Kier alpha value is -1.27. The van der Waals surface area contributed by atoms with Crippen LogP contribution in [0, 0.1) is 0 Å². The van der Waals surface area contributed by atoms with E-state index < -0.39 is 11.7 Å². The summed E-state index contributed by atoms with van der Waals surface area (Å²) in [6.07, 6.45) is -3.58. The first-order valence-corrected chi connectivity index (χ1v) is 7.09. The maximum atomic E-state index is 13.3. The summed E-state index contributed by atoms with van der Waals surface area (Å²) in [6, 6.07) is 4.37. The molecule has 0 fully saturated rings. The number of nitrogens with zero attached hydrogens (tertiary/aromatic N) is 2. The zero-order valence-electron chi connectivity index (χ0n) is 12.9. The van der Waals surface area contributed by atoms with Crippen LogP contribution in [-0.4, -0.2) is 38.6 Å². The first-order valence-electron chi connectivity index (χ1n) is 7.09. The van der Waals surface area contributed by atoms with Crippen molar-refractivity contribution in [3.63, 3.8) is 0 Å². The molecule has 0 aliphatic rings. The summed E-state index contributed by atoms with van der Waals surface area (Å²) in [6.45, 7) is 3.93. The molecule has 0 spiro atoms. The number of benzene rings is 1. The lowest BCUT2D eigenvalue weighted by atomic mass is 10.1. The van der Waals surface area contributed by atoms with Crippen LogP contribution in [0.15, 0.2) is 18.2 Å². The van der Waals surface area contributed by atoms with Crippen molar-refractivity contribution in [2.45, 2.75) is 26.1 Å². The van der Waals surface area contributed by atoms with Gasteiger partial charge in [0.1, 0.15) is 0 Å². The Bertz CT molecular complexity index is 444. The minimum atomic E-state index is -4.37. The van der Waals surface area contributed by atoms with Gasteiger partial charge in [0.05, 0.1) is 5.56 Å². The maximum Gasteiger partial charge on any atom is 0.418 e. The van der Waals surface area contributed by atoms with Gasteiger partial charge in [-0.1, -0.05) is 13.0 Å². The van der Waals surface area contributed by atoms with Crippen molar-refractivity contribution >= 4 is 5.69 Å². The lowest BCUT2D eigenvalue weighted by Gasteiger charge is -2.29. The van der Waals surface area contributed by atoms with Crippen molar-refractivity contribution in [1.29, 1.82) is 0 Å². The lowest BCUT2D eigenvalue weighted by molar-refractivity contribution is -0.137. The highest BCUT2D eigenvalue weighted by Gasteiger charge is 2.35. The molecule has 0 atom stereocenters. The number of hydrogen-bond acceptors (Lipinski definition) is 3. The molecule has 0 aliphatic heterocycles. The number of rotatable bonds is 7. The molecule has 0 heterocycles. The van der Waals surface area contributed by atoms with Gasteiger partial charge in [-0.2, -0.15) is 13.2 Å². The van der Waals surface area contributed by atoms with Gasteiger partial charge < -0.3 is 15.5 Å². The molecule has 0 aliphatic carbocycles. The second-order valence-corrected chi connectivity index (χ2v) is 5.34. The van der Waals surface area contributed by atoms with Gasteiger partial charge in [-0.25, -0.2) is 0 Å². The zero-order chi connectivity index (χ0) is 16.0. The van der Waals surface area contributed by atoms with E-state index in [1.807, 2.05) is 25.9 Å². The summed E-state index contributed by atoms with van der Waals surface area (Å²) in [7, 11) is 3.82. The summed E-state index contributed by atoms with van der Waals surface area (Å²) < 4.78 is 39.9. The van der Waals surface area contributed by atoms with Gasteiger partial charge in [-0.3, -0.25) is 0 Å². The number of alkyl halides is 3. The molecule has 0 amide bonds. The third-order valence-electron chi connectivity index (χ3n) is 3.25. The van der Waals surface area contributed by atoms with Crippen molar-refractivity contribution in [3.05, 3.63) is 29.3 Å². The summed E-state index contributed by atoms with van der Waals surface area (Å²) in [5.41, 5.74) is 5.59. The van der Waals surface area contributed by atoms with Gasteiger partial charge in [-0.15, -0.1) is 0 Å². The minimum Gasteiger partial charge on any atom is -0.370 e. The summed E-state index contributed by atoms with van der Waals surface area (Å²) in [4.78, 5) is 3.76. The van der Waals surface area contributed by atoms with Crippen molar-refractivity contribution < 1.29 is 13.2 Å². The van der Waals surface area contributed by atoms with Crippen LogP contribution in [0.5, 0.6) is 0 Å². The molecular weight excluding hydrogens is 279 g/mol. The van der Waals surface area contributed by atoms with E-state index >= 15 is 0 Å². The maximum absolute atomic E-state index is 13.3. The molecule has 0 radical (unpaired) electrons. The van der Waals surface area contributed by atoms with Crippen LogP contribution in [0.2, 0.25) is 0 Å². The summed E-state index contributed by atoms with van der Waals surface area (Å²) in [5.74, 6) is 0. The van der Waals surface area contributed by atoms with E-state index in [4.69, 9.17) is 5.73 Å². The van der Waals surface area contributed by atoms with E-state index in [2.05, 4.69) is 0 Å². The normalized spacial score (nSPS) is 12.0. The average Bonchev–Trinajstić information content (AvgIpc) is 2.41. The molecule has 2 N–H and O–H groups in total. The van der Waals surface area contributed by atoms with Crippen LogP contribution in [0.25, 0.3) is 0 Å². The van der Waals surface area contributed by atoms with Crippen LogP contribution >= 0.6 is 0 Å². The predicted octanol–water partition coefficient (Wildman–Crippen LogP) is 2.94. The van der Waals surface area contributed by atoms with Gasteiger partial charge in [0, 0.05) is 31.9 Å². The van der Waals surface area contributed by atoms with Crippen molar-refractivity contribution in [1.82, 2.24) is 4.90 Å². The molecule has 3 nitrogen and oxygen atoms in total. The topological polar surface area (TPSA) is 32.5 Å². The van der Waals surface area contributed by atoms with Crippen molar-refractivity contribution in [3.8, 4) is 0 Å². The van der Waals surface area contributed by atoms with Gasteiger partial charge >= 0.3 is 6.18 Å². The molecule has 21 heavy (non-hydrogen) atoms. The van der Waals surface area contributed by atoms with Crippen molar-refractivity contribution in [2.24, 2.45) is 5.73 Å². The summed E-state index contributed by atoms with van der Waals surface area (Å²) >= 11 is 0. The zero-order valence-corrected chi connectivity index (χ0v) is 12.9. The number of hydrogen-bond donors (Lipinski definition) is 1. The van der Waals surface area contributed by atoms with Gasteiger partial charge in [0.25, 0.3) is 0 Å². The van der Waals surface area contributed by atoms with Gasteiger partial charge in [0.2, 0.25) is 0 Å². The molecule has 0 unspecified atom stereocenters. The van der Waals surface area contributed by atoms with E-state index in [9.17, 15) is 13.2 Å². The highest BCUT2D eigenvalue weighted by atomic mass is 19.4. The highest BCUT2D eigenvalue weighted by Crippen LogP contribution is 2.37. The predicted molar refractivity (Wildman–Crippen MR) is 80.4 cm³/mol. The van der Waals surface area contributed by atoms with Gasteiger partial charge in [-0.05, 0) is 38.2 Å². The third kappa shape index (κ3) is 5.21. The third-order valence-corrected chi connectivity index (χ3v) is 3.25. The Labute approximate surface area is 124 Å². The molecule has 1 aromatic carbocycles. The Balaban J connectivity index is 3.16. The second kappa shape index (κ2) is 7.66. The number of likely N-dealkylation sites (N-methyl/N-ethyl adjacent to an activating group) is 1. The quantitative estimate of drug-likeness (QED) is 0.840. The number of anilines is 1. The van der Waals surface area contributed by atoms with Crippen LogP contribution < -0.4 is 10.6 Å². The molecule has 0 aromatic heterocycles. The minimum absolute atomic E-state index is 0.106. The Morgan fingerprint density at radius 3 is 2.24 bits per heavy atom. The molecule has 120 valence electrons. The number of halogens is 3. The van der Waals surface area contributed by atoms with Crippen LogP contribution in [-0.2, 0) is 12.7 Å². The summed E-state index contributed by atoms with van der Waals surface area (Å²) in [5, 5.41) is 0. The number of nitrogens with two attached hydrogens (primary N) is 1. The SMILES string of the molecule is CCCN(CCN(C)C)c1ccc(CN)cc1C(F)(F)F. The first-order chi connectivity index (χ1) is 9.79. The second-order valence-electron chi connectivity index (χ2n) is 5.34. The van der Waals surface area contributed by atoms with E-state index in [0.717, 1.165) is 12.5 Å².